The molecule has 3 heterocycles. The molecular weight excluding hydrogens is 352 g/mol. The number of morpholine rings is 1. The van der Waals surface area contributed by atoms with Gasteiger partial charge in [-0.15, -0.1) is 0 Å². The molecule has 5 rings (SSSR count). The second-order valence-corrected chi connectivity index (χ2v) is 8.72. The van der Waals surface area contributed by atoms with Crippen molar-refractivity contribution in [1.82, 2.24) is 15.8 Å². The van der Waals surface area contributed by atoms with Gasteiger partial charge < -0.3 is 14.5 Å². The minimum absolute atomic E-state index is 0.113. The highest BCUT2D eigenvalue weighted by molar-refractivity contribution is 5.81. The van der Waals surface area contributed by atoms with Crippen LogP contribution in [0.5, 0.6) is 0 Å². The third-order valence-electron chi connectivity index (χ3n) is 7.41. The van der Waals surface area contributed by atoms with Gasteiger partial charge in [0.05, 0.1) is 19.1 Å². The van der Waals surface area contributed by atoms with Crippen LogP contribution < -0.4 is 15.8 Å². The maximum absolute atomic E-state index is 13.0. The molecule has 5 atom stereocenters. The van der Waals surface area contributed by atoms with Gasteiger partial charge in [-0.2, -0.15) is 0 Å². The molecule has 0 aromatic heterocycles. The molecule has 1 aromatic rings. The van der Waals surface area contributed by atoms with Gasteiger partial charge in [-0.1, -0.05) is 12.1 Å². The predicted octanol–water partition coefficient (Wildman–Crippen LogP) is 1.73. The zero-order valence-corrected chi connectivity index (χ0v) is 16.8. The largest absolute Gasteiger partial charge is 0.378 e. The molecule has 152 valence electrons. The summed E-state index contributed by atoms with van der Waals surface area (Å²) in [4.78, 5) is 17.6. The molecule has 6 heteroatoms. The van der Waals surface area contributed by atoms with Crippen molar-refractivity contribution in [1.29, 1.82) is 0 Å². The van der Waals surface area contributed by atoms with E-state index in [0.29, 0.717) is 29.8 Å². The van der Waals surface area contributed by atoms with Crippen LogP contribution in [0.3, 0.4) is 0 Å². The summed E-state index contributed by atoms with van der Waals surface area (Å²) in [7, 11) is 0. The van der Waals surface area contributed by atoms with Crippen LogP contribution in [0, 0.1) is 11.8 Å². The third kappa shape index (κ3) is 3.11. The van der Waals surface area contributed by atoms with Crippen molar-refractivity contribution in [3.8, 4) is 0 Å². The van der Waals surface area contributed by atoms with Gasteiger partial charge in [0.15, 0.2) is 0 Å². The van der Waals surface area contributed by atoms with Gasteiger partial charge >= 0.3 is 0 Å². The van der Waals surface area contributed by atoms with Crippen LogP contribution in [0.2, 0.25) is 0 Å². The number of nitrogens with zero attached hydrogens (tertiary/aromatic N) is 2. The van der Waals surface area contributed by atoms with Crippen LogP contribution in [-0.4, -0.2) is 62.3 Å². The van der Waals surface area contributed by atoms with Crippen molar-refractivity contribution in [2.45, 2.75) is 44.2 Å². The normalized spacial score (nSPS) is 35.6. The van der Waals surface area contributed by atoms with Crippen LogP contribution in [0.4, 0.5) is 5.69 Å². The Morgan fingerprint density at radius 3 is 2.89 bits per heavy atom. The van der Waals surface area contributed by atoms with E-state index in [4.69, 9.17) is 4.74 Å². The van der Waals surface area contributed by atoms with Crippen molar-refractivity contribution >= 4 is 11.6 Å². The Labute approximate surface area is 167 Å². The summed E-state index contributed by atoms with van der Waals surface area (Å²) in [5.41, 5.74) is 9.42. The third-order valence-corrected chi connectivity index (χ3v) is 7.41. The molecule has 1 saturated carbocycles. The first-order chi connectivity index (χ1) is 13.8. The zero-order valence-electron chi connectivity index (χ0n) is 16.8. The van der Waals surface area contributed by atoms with E-state index in [1.54, 1.807) is 0 Å². The number of carbonyl (C=O) groups excluding carboxylic acids is 1. The van der Waals surface area contributed by atoms with E-state index in [2.05, 4.69) is 51.8 Å². The van der Waals surface area contributed by atoms with Gasteiger partial charge in [0.1, 0.15) is 0 Å². The number of amides is 1. The van der Waals surface area contributed by atoms with E-state index >= 15 is 0 Å². The highest BCUT2D eigenvalue weighted by Crippen LogP contribution is 2.44. The molecule has 1 amide bonds. The lowest BCUT2D eigenvalue weighted by Gasteiger charge is -2.50. The molecule has 3 saturated heterocycles. The van der Waals surface area contributed by atoms with E-state index in [1.165, 1.54) is 24.1 Å². The summed E-state index contributed by atoms with van der Waals surface area (Å²) in [5, 5.41) is 0. The summed E-state index contributed by atoms with van der Waals surface area (Å²) in [6.07, 6.45) is 3.49. The van der Waals surface area contributed by atoms with Crippen LogP contribution in [-0.2, 0) is 9.53 Å². The Morgan fingerprint density at radius 2 is 2.07 bits per heavy atom. The summed E-state index contributed by atoms with van der Waals surface area (Å²) in [6.45, 7) is 7.30. The van der Waals surface area contributed by atoms with Crippen molar-refractivity contribution in [3.63, 3.8) is 0 Å². The summed E-state index contributed by atoms with van der Waals surface area (Å²) in [6, 6.07) is 9.76. The van der Waals surface area contributed by atoms with Crippen LogP contribution in [0.15, 0.2) is 24.3 Å². The lowest BCUT2D eigenvalue weighted by Crippen LogP contribution is -2.61. The van der Waals surface area contributed by atoms with E-state index in [0.717, 1.165) is 45.8 Å². The highest BCUT2D eigenvalue weighted by Gasteiger charge is 2.51. The molecule has 0 bridgehead atoms. The zero-order chi connectivity index (χ0) is 19.1. The number of hydrazine groups is 1. The van der Waals surface area contributed by atoms with Crippen molar-refractivity contribution in [2.24, 2.45) is 11.8 Å². The Hall–Kier alpha value is -1.63. The Bertz CT molecular complexity index is 720. The molecule has 0 spiro atoms. The molecule has 0 radical (unpaired) electrons. The second kappa shape index (κ2) is 7.65. The van der Waals surface area contributed by atoms with Gasteiger partial charge in [-0.05, 0) is 55.7 Å². The molecule has 1 aromatic carbocycles. The van der Waals surface area contributed by atoms with Gasteiger partial charge in [0, 0.05) is 44.0 Å². The topological polar surface area (TPSA) is 56.8 Å². The van der Waals surface area contributed by atoms with E-state index < -0.39 is 0 Å². The number of anilines is 1. The van der Waals surface area contributed by atoms with Gasteiger partial charge in [0.25, 0.3) is 0 Å². The first-order valence-corrected chi connectivity index (χ1v) is 11.0. The van der Waals surface area contributed by atoms with Crippen LogP contribution >= 0.6 is 0 Å². The Balaban J connectivity index is 1.36. The fraction of sp³-hybridized carbons (Fsp3) is 0.682. The molecule has 3 aliphatic heterocycles. The number of piperidine rings is 1. The average molecular weight is 385 g/mol. The number of hydrogen-bond acceptors (Lipinski definition) is 5. The van der Waals surface area contributed by atoms with Gasteiger partial charge in [-0.25, -0.2) is 0 Å². The number of rotatable bonds is 3. The predicted molar refractivity (Wildman–Crippen MR) is 109 cm³/mol. The first-order valence-electron chi connectivity index (χ1n) is 11.0. The lowest BCUT2D eigenvalue weighted by molar-refractivity contribution is -0.146. The van der Waals surface area contributed by atoms with Crippen molar-refractivity contribution in [2.75, 3.05) is 44.3 Å². The quantitative estimate of drug-likeness (QED) is 0.831. The molecule has 5 unspecified atom stereocenters. The number of benzene rings is 1. The maximum Gasteiger partial charge on any atom is 0.228 e. The smallest absolute Gasteiger partial charge is 0.228 e. The fourth-order valence-electron chi connectivity index (χ4n) is 5.97. The summed E-state index contributed by atoms with van der Waals surface area (Å²) >= 11 is 0. The number of nitrogens with one attached hydrogen (secondary N) is 2. The fourth-order valence-corrected chi connectivity index (χ4v) is 5.97. The molecule has 2 N–H and O–H groups in total. The monoisotopic (exact) mass is 384 g/mol. The lowest BCUT2D eigenvalue weighted by atomic mass is 9.67. The molecule has 4 aliphatic rings. The Morgan fingerprint density at radius 1 is 1.21 bits per heavy atom. The van der Waals surface area contributed by atoms with E-state index in [9.17, 15) is 4.79 Å². The van der Waals surface area contributed by atoms with Crippen molar-refractivity contribution < 1.29 is 9.53 Å². The standard InChI is InChI=1S/C22H32N4O2/c1-2-26-20-13-16(6-7-18(20)21-19(22(26)27)14-23-24-21)15-4-3-5-17(12-15)25-8-10-28-11-9-25/h3-5,12,16,18-21,23-24H,2,6-11,13-14H2,1H3. The number of fused-ring (bicyclic) bond motifs is 3. The van der Waals surface area contributed by atoms with E-state index in [-0.39, 0.29) is 5.92 Å². The van der Waals surface area contributed by atoms with E-state index in [1.807, 2.05) is 0 Å². The minimum atomic E-state index is 0.113. The summed E-state index contributed by atoms with van der Waals surface area (Å²) in [5.74, 6) is 1.56. The van der Waals surface area contributed by atoms with Gasteiger partial charge in [0.2, 0.25) is 5.91 Å². The molecule has 6 nitrogen and oxygen atoms in total. The summed E-state index contributed by atoms with van der Waals surface area (Å²) < 4.78 is 5.51. The first kappa shape index (κ1) is 18.4. The average Bonchev–Trinajstić information content (AvgIpc) is 3.25. The molecule has 28 heavy (non-hydrogen) atoms. The minimum Gasteiger partial charge on any atom is -0.378 e. The number of likely N-dealkylation sites (tertiary alicyclic amines) is 1. The molecular formula is C22H32N4O2. The highest BCUT2D eigenvalue weighted by atomic mass is 16.5. The number of ether oxygens (including phenoxy) is 1. The SMILES string of the molecule is CCN1C(=O)C2CNNC2C2CCC(c3cccc(N4CCOCC4)c3)CC21. The van der Waals surface area contributed by atoms with Crippen LogP contribution in [0.25, 0.3) is 0 Å². The number of carbonyl (C=O) groups is 1. The molecule has 1 aliphatic carbocycles. The van der Waals surface area contributed by atoms with Crippen LogP contribution in [0.1, 0.15) is 37.7 Å². The second-order valence-electron chi connectivity index (χ2n) is 8.72. The van der Waals surface area contributed by atoms with Crippen molar-refractivity contribution in [3.05, 3.63) is 29.8 Å². The van der Waals surface area contributed by atoms with Gasteiger partial charge in [-0.3, -0.25) is 15.6 Å². The molecule has 4 fully saturated rings. The maximum atomic E-state index is 13.0. The Kier molecular flexibility index (Phi) is 5.03. The number of hydrogen-bond donors (Lipinski definition) is 2.